The van der Waals surface area contributed by atoms with E-state index in [1.165, 1.54) is 0 Å². The lowest BCUT2D eigenvalue weighted by molar-refractivity contribution is -0.142. The van der Waals surface area contributed by atoms with Crippen molar-refractivity contribution in [2.45, 2.75) is 40.0 Å². The molecule has 0 aliphatic carbocycles. The van der Waals surface area contributed by atoms with Gasteiger partial charge in [-0.2, -0.15) is 0 Å². The predicted molar refractivity (Wildman–Crippen MR) is 132 cm³/mol. The maximum absolute atomic E-state index is 11.7. The number of esters is 1. The molecule has 176 valence electrons. The van der Waals surface area contributed by atoms with Gasteiger partial charge in [-0.3, -0.25) is 4.79 Å². The summed E-state index contributed by atoms with van der Waals surface area (Å²) in [6.45, 7) is 9.59. The number of rotatable bonds is 9. The van der Waals surface area contributed by atoms with Crippen molar-refractivity contribution in [1.82, 2.24) is 19.9 Å². The summed E-state index contributed by atoms with van der Waals surface area (Å²) in [4.78, 5) is 29.5. The number of carbonyl (C=O) groups is 1. The number of hydrogen-bond acceptors (Lipinski definition) is 8. The Morgan fingerprint density at radius 1 is 1.15 bits per heavy atom. The van der Waals surface area contributed by atoms with Crippen LogP contribution in [0.2, 0.25) is 0 Å². The summed E-state index contributed by atoms with van der Waals surface area (Å²) in [5.41, 5.74) is 3.01. The minimum atomic E-state index is -0.206. The Balaban J connectivity index is 1.61. The van der Waals surface area contributed by atoms with Gasteiger partial charge in [-0.1, -0.05) is 44.2 Å². The highest BCUT2D eigenvalue weighted by Gasteiger charge is 2.29. The van der Waals surface area contributed by atoms with Crippen molar-refractivity contribution in [2.75, 3.05) is 24.6 Å². The number of benzene rings is 1. The average Bonchev–Trinajstić information content (AvgIpc) is 3.41. The molecule has 0 spiro atoms. The van der Waals surface area contributed by atoms with Gasteiger partial charge in [0.05, 0.1) is 24.9 Å². The number of hydrogen-bond donors (Lipinski definition) is 0. The van der Waals surface area contributed by atoms with E-state index < -0.39 is 0 Å². The van der Waals surface area contributed by atoms with Crippen molar-refractivity contribution < 1.29 is 9.53 Å². The topological polar surface area (TPSA) is 97.9 Å². The van der Waals surface area contributed by atoms with Gasteiger partial charge in [0.25, 0.3) is 0 Å². The fraction of sp³-hybridized carbons (Fsp3) is 0.360. The molecule has 0 amide bonds. The zero-order valence-electron chi connectivity index (χ0n) is 20.0. The van der Waals surface area contributed by atoms with Crippen LogP contribution in [0.5, 0.6) is 0 Å². The van der Waals surface area contributed by atoms with E-state index in [4.69, 9.17) is 14.7 Å². The third-order valence-electron chi connectivity index (χ3n) is 5.37. The molecular formula is C25H29N7O2. The van der Waals surface area contributed by atoms with Gasteiger partial charge in [-0.15, -0.1) is 15.0 Å². The first-order valence-electron chi connectivity index (χ1n) is 11.6. The molecule has 0 atom stereocenters. The molecule has 0 N–H and O–H groups in total. The quantitative estimate of drug-likeness (QED) is 0.449. The Labute approximate surface area is 199 Å². The number of fused-ring (bicyclic) bond motifs is 1. The summed E-state index contributed by atoms with van der Waals surface area (Å²) in [6, 6.07) is 13.7. The summed E-state index contributed by atoms with van der Waals surface area (Å²) in [5, 5.41) is 9.21. The van der Waals surface area contributed by atoms with Gasteiger partial charge in [-0.25, -0.2) is 15.0 Å². The molecule has 0 bridgehead atoms. The highest BCUT2D eigenvalue weighted by Crippen LogP contribution is 2.23. The Morgan fingerprint density at radius 3 is 2.59 bits per heavy atom. The van der Waals surface area contributed by atoms with Gasteiger partial charge in [0, 0.05) is 24.6 Å². The van der Waals surface area contributed by atoms with Crippen molar-refractivity contribution in [1.29, 1.82) is 0 Å². The molecule has 0 fully saturated rings. The maximum Gasteiger partial charge on any atom is 0.307 e. The van der Waals surface area contributed by atoms with Crippen LogP contribution in [0.25, 0.3) is 0 Å². The number of aliphatic imine (C=N–C) groups is 1. The number of pyridine rings is 1. The van der Waals surface area contributed by atoms with Crippen LogP contribution in [0.15, 0.2) is 58.8 Å². The molecular weight excluding hydrogens is 430 g/mol. The molecule has 3 aromatic rings. The third kappa shape index (κ3) is 5.03. The van der Waals surface area contributed by atoms with Gasteiger partial charge >= 0.3 is 5.97 Å². The van der Waals surface area contributed by atoms with Crippen LogP contribution in [-0.4, -0.2) is 56.9 Å². The highest BCUT2D eigenvalue weighted by molar-refractivity contribution is 6.54. The SMILES string of the molecule is CCOC(=O)CCN(CC)c1ccc(/N=C2/C(c3ccccc3)=Nn3nc(C(C)C)nc32)cn1. The first-order valence-corrected chi connectivity index (χ1v) is 11.6. The second kappa shape index (κ2) is 10.4. The molecule has 2 aromatic heterocycles. The molecule has 1 aliphatic rings. The van der Waals surface area contributed by atoms with Crippen LogP contribution in [0.3, 0.4) is 0 Å². The summed E-state index contributed by atoms with van der Waals surface area (Å²) in [7, 11) is 0. The molecule has 0 unspecified atom stereocenters. The van der Waals surface area contributed by atoms with E-state index in [2.05, 4.69) is 15.2 Å². The minimum Gasteiger partial charge on any atom is -0.466 e. The summed E-state index contributed by atoms with van der Waals surface area (Å²) >= 11 is 0. The normalized spacial score (nSPS) is 13.8. The zero-order valence-corrected chi connectivity index (χ0v) is 20.0. The molecule has 1 aromatic carbocycles. The number of nitrogens with zero attached hydrogens (tertiary/aromatic N) is 7. The number of aromatic nitrogens is 4. The number of carbonyl (C=O) groups excluding carboxylic acids is 1. The largest absolute Gasteiger partial charge is 0.466 e. The second-order valence-electron chi connectivity index (χ2n) is 8.12. The summed E-state index contributed by atoms with van der Waals surface area (Å²) in [5.74, 6) is 2.11. The molecule has 9 nitrogen and oxygen atoms in total. The molecule has 9 heteroatoms. The number of anilines is 1. The lowest BCUT2D eigenvalue weighted by Crippen LogP contribution is -2.27. The fourth-order valence-corrected chi connectivity index (χ4v) is 3.58. The van der Waals surface area contributed by atoms with E-state index in [-0.39, 0.29) is 11.9 Å². The molecule has 3 heterocycles. The Hall–Kier alpha value is -3.88. The van der Waals surface area contributed by atoms with E-state index >= 15 is 0 Å². The maximum atomic E-state index is 11.7. The van der Waals surface area contributed by atoms with Crippen LogP contribution in [0.4, 0.5) is 11.5 Å². The molecule has 34 heavy (non-hydrogen) atoms. The zero-order chi connectivity index (χ0) is 24.1. The second-order valence-corrected chi connectivity index (χ2v) is 8.12. The smallest absolute Gasteiger partial charge is 0.307 e. The molecule has 0 radical (unpaired) electrons. The summed E-state index contributed by atoms with van der Waals surface area (Å²) in [6.07, 6.45) is 2.04. The Morgan fingerprint density at radius 2 is 1.94 bits per heavy atom. The van der Waals surface area contributed by atoms with Crippen LogP contribution in [0, 0.1) is 0 Å². The Kier molecular flexibility index (Phi) is 7.10. The average molecular weight is 460 g/mol. The van der Waals surface area contributed by atoms with E-state index in [1.807, 2.05) is 75.1 Å². The highest BCUT2D eigenvalue weighted by atomic mass is 16.5. The third-order valence-corrected chi connectivity index (χ3v) is 5.37. The van der Waals surface area contributed by atoms with Crippen molar-refractivity contribution in [2.24, 2.45) is 10.1 Å². The van der Waals surface area contributed by atoms with Crippen molar-refractivity contribution >= 4 is 28.9 Å². The molecule has 0 saturated heterocycles. The first-order chi connectivity index (χ1) is 16.5. The molecule has 1 aliphatic heterocycles. The van der Waals surface area contributed by atoms with Crippen molar-refractivity contribution in [3.63, 3.8) is 0 Å². The van der Waals surface area contributed by atoms with Crippen molar-refractivity contribution in [3.8, 4) is 0 Å². The van der Waals surface area contributed by atoms with Crippen LogP contribution in [0.1, 0.15) is 57.2 Å². The fourth-order valence-electron chi connectivity index (χ4n) is 3.58. The van der Waals surface area contributed by atoms with Crippen LogP contribution in [-0.2, 0) is 9.53 Å². The number of ether oxygens (including phenoxy) is 1. The summed E-state index contributed by atoms with van der Waals surface area (Å²) < 4.78 is 5.03. The van der Waals surface area contributed by atoms with E-state index in [9.17, 15) is 4.79 Å². The van der Waals surface area contributed by atoms with E-state index in [1.54, 1.807) is 11.0 Å². The van der Waals surface area contributed by atoms with Crippen molar-refractivity contribution in [3.05, 3.63) is 65.9 Å². The van der Waals surface area contributed by atoms with E-state index in [0.717, 1.165) is 29.5 Å². The minimum absolute atomic E-state index is 0.185. The van der Waals surface area contributed by atoms with Gasteiger partial charge < -0.3 is 9.64 Å². The van der Waals surface area contributed by atoms with Crippen LogP contribution < -0.4 is 4.90 Å². The van der Waals surface area contributed by atoms with Gasteiger partial charge in [0.1, 0.15) is 17.2 Å². The standard InChI is InChI=1S/C25H29N7O2/c1-5-31(15-14-21(33)34-6-2)20-13-12-19(16-26-20)27-23-22(18-10-8-7-9-11-18)29-32-25(23)28-24(30-32)17(3)4/h7-13,16-17H,5-6,14-15H2,1-4H3/b27-23-. The lowest BCUT2D eigenvalue weighted by atomic mass is 10.1. The lowest BCUT2D eigenvalue weighted by Gasteiger charge is -2.21. The van der Waals surface area contributed by atoms with Gasteiger partial charge in [0.2, 0.25) is 5.82 Å². The van der Waals surface area contributed by atoms with Gasteiger partial charge in [-0.05, 0) is 26.0 Å². The van der Waals surface area contributed by atoms with Gasteiger partial charge in [0.15, 0.2) is 5.82 Å². The first kappa shape index (κ1) is 23.3. The Bertz CT molecular complexity index is 1200. The molecule has 4 rings (SSSR count). The van der Waals surface area contributed by atoms with Crippen LogP contribution >= 0.6 is 0 Å². The van der Waals surface area contributed by atoms with E-state index in [0.29, 0.717) is 36.8 Å². The predicted octanol–water partition coefficient (Wildman–Crippen LogP) is 3.96. The molecule has 0 saturated carbocycles. The monoisotopic (exact) mass is 459 g/mol.